The summed E-state index contributed by atoms with van der Waals surface area (Å²) in [5.41, 5.74) is 5.13. The van der Waals surface area contributed by atoms with Crippen LogP contribution >= 0.6 is 11.6 Å². The number of hydrogen-bond acceptors (Lipinski definition) is 7. The van der Waals surface area contributed by atoms with Crippen LogP contribution in [-0.2, 0) is 6.54 Å². The Morgan fingerprint density at radius 3 is 2.82 bits per heavy atom. The van der Waals surface area contributed by atoms with E-state index in [4.69, 9.17) is 17.3 Å². The van der Waals surface area contributed by atoms with E-state index in [2.05, 4.69) is 25.6 Å². The van der Waals surface area contributed by atoms with Crippen molar-refractivity contribution in [3.63, 3.8) is 0 Å². The summed E-state index contributed by atoms with van der Waals surface area (Å²) in [6.07, 6.45) is 4.05. The standard InChI is InChI=1S/C18H21ClF2N6O/c1-18(2,28)10-23-8-13(6-22)26-17-25-9-14(19)16(27-17)24-7-11-5-12(20)3-4-15(11)21/h3-6,8-9,28H,7,10,22H2,1-2H3,(H2,24,25,26,27)/b13-6+,23-8?. The molecule has 0 saturated carbocycles. The van der Waals surface area contributed by atoms with Crippen LogP contribution in [0.2, 0.25) is 5.02 Å². The number of allylic oxidation sites excluding steroid dienone is 1. The molecule has 0 aliphatic heterocycles. The second kappa shape index (κ2) is 9.43. The number of nitrogens with zero attached hydrogens (tertiary/aromatic N) is 3. The Labute approximate surface area is 166 Å². The van der Waals surface area contributed by atoms with Gasteiger partial charge in [-0.05, 0) is 32.0 Å². The summed E-state index contributed by atoms with van der Waals surface area (Å²) >= 11 is 6.06. The molecular weight excluding hydrogens is 390 g/mol. The number of anilines is 2. The lowest BCUT2D eigenvalue weighted by Gasteiger charge is -2.13. The van der Waals surface area contributed by atoms with Crippen molar-refractivity contribution in [1.29, 1.82) is 0 Å². The van der Waals surface area contributed by atoms with Gasteiger partial charge in [0, 0.05) is 24.5 Å². The van der Waals surface area contributed by atoms with E-state index in [1.54, 1.807) is 13.8 Å². The monoisotopic (exact) mass is 410 g/mol. The summed E-state index contributed by atoms with van der Waals surface area (Å²) in [4.78, 5) is 12.3. The third-order valence-corrected chi connectivity index (χ3v) is 3.62. The smallest absolute Gasteiger partial charge is 0.229 e. The minimum Gasteiger partial charge on any atom is -0.403 e. The normalized spacial score (nSPS) is 12.4. The van der Waals surface area contributed by atoms with Crippen molar-refractivity contribution in [2.45, 2.75) is 26.0 Å². The lowest BCUT2D eigenvalue weighted by molar-refractivity contribution is 0.0906. The number of nitrogens with two attached hydrogens (primary N) is 1. The van der Waals surface area contributed by atoms with E-state index in [-0.39, 0.29) is 35.4 Å². The Kier molecular flexibility index (Phi) is 7.24. The summed E-state index contributed by atoms with van der Waals surface area (Å²) < 4.78 is 27.0. The fraction of sp³-hybridized carbons (Fsp3) is 0.278. The van der Waals surface area contributed by atoms with Gasteiger partial charge in [0.05, 0.1) is 24.0 Å². The first-order valence-electron chi connectivity index (χ1n) is 8.29. The summed E-state index contributed by atoms with van der Waals surface area (Å²) in [5, 5.41) is 15.6. The number of aliphatic imine (C=N–C) groups is 1. The summed E-state index contributed by atoms with van der Waals surface area (Å²) in [5.74, 6) is -0.697. The number of hydrogen-bond donors (Lipinski definition) is 4. The highest BCUT2D eigenvalue weighted by atomic mass is 35.5. The Morgan fingerprint density at radius 2 is 2.14 bits per heavy atom. The molecule has 0 fully saturated rings. The largest absolute Gasteiger partial charge is 0.403 e. The zero-order valence-corrected chi connectivity index (χ0v) is 16.1. The van der Waals surface area contributed by atoms with Gasteiger partial charge in [-0.2, -0.15) is 4.98 Å². The van der Waals surface area contributed by atoms with Crippen LogP contribution in [0.5, 0.6) is 0 Å². The van der Waals surface area contributed by atoms with Crippen LogP contribution in [0.25, 0.3) is 0 Å². The number of halogens is 3. The Hall–Kier alpha value is -2.78. The van der Waals surface area contributed by atoms with Gasteiger partial charge >= 0.3 is 0 Å². The highest BCUT2D eigenvalue weighted by molar-refractivity contribution is 6.32. The minimum atomic E-state index is -0.948. The van der Waals surface area contributed by atoms with E-state index in [0.717, 1.165) is 18.2 Å². The molecule has 0 aliphatic rings. The quantitative estimate of drug-likeness (QED) is 0.498. The van der Waals surface area contributed by atoms with Crippen LogP contribution in [0.15, 0.2) is 41.3 Å². The van der Waals surface area contributed by atoms with Crippen LogP contribution < -0.4 is 16.4 Å². The van der Waals surface area contributed by atoms with Gasteiger partial charge in [0.25, 0.3) is 0 Å². The van der Waals surface area contributed by atoms with E-state index in [9.17, 15) is 13.9 Å². The molecule has 10 heteroatoms. The second-order valence-corrected chi connectivity index (χ2v) is 6.92. The molecule has 0 radical (unpaired) electrons. The molecule has 0 aliphatic carbocycles. The van der Waals surface area contributed by atoms with Gasteiger partial charge in [0.1, 0.15) is 16.7 Å². The molecule has 150 valence electrons. The van der Waals surface area contributed by atoms with Crippen LogP contribution in [0.1, 0.15) is 19.4 Å². The molecule has 0 amide bonds. The number of rotatable bonds is 8. The van der Waals surface area contributed by atoms with Crippen LogP contribution in [0, 0.1) is 11.6 Å². The predicted molar refractivity (Wildman–Crippen MR) is 106 cm³/mol. The highest BCUT2D eigenvalue weighted by Gasteiger charge is 2.11. The maximum Gasteiger partial charge on any atom is 0.229 e. The topological polar surface area (TPSA) is 108 Å². The van der Waals surface area contributed by atoms with Gasteiger partial charge in [-0.25, -0.2) is 13.8 Å². The molecule has 2 aromatic rings. The van der Waals surface area contributed by atoms with Crippen molar-refractivity contribution < 1.29 is 13.9 Å². The molecule has 28 heavy (non-hydrogen) atoms. The summed E-state index contributed by atoms with van der Waals surface area (Å²) in [7, 11) is 0. The molecule has 0 atom stereocenters. The third-order valence-electron chi connectivity index (χ3n) is 3.34. The molecule has 0 bridgehead atoms. The average Bonchev–Trinajstić information content (AvgIpc) is 2.62. The Balaban J connectivity index is 2.08. The first-order valence-corrected chi connectivity index (χ1v) is 8.67. The number of aromatic nitrogens is 2. The molecule has 0 saturated heterocycles. The second-order valence-electron chi connectivity index (χ2n) is 6.51. The molecule has 1 aromatic heterocycles. The maximum absolute atomic E-state index is 13.7. The predicted octanol–water partition coefficient (Wildman–Crippen LogP) is 3.07. The van der Waals surface area contributed by atoms with E-state index < -0.39 is 17.2 Å². The highest BCUT2D eigenvalue weighted by Crippen LogP contribution is 2.21. The van der Waals surface area contributed by atoms with Gasteiger partial charge < -0.3 is 21.5 Å². The molecule has 2 rings (SSSR count). The van der Waals surface area contributed by atoms with Crippen LogP contribution in [0.3, 0.4) is 0 Å². The third kappa shape index (κ3) is 6.75. The molecule has 7 nitrogen and oxygen atoms in total. The Morgan fingerprint density at radius 1 is 1.39 bits per heavy atom. The lowest BCUT2D eigenvalue weighted by atomic mass is 10.1. The van der Waals surface area contributed by atoms with Crippen LogP contribution in [-0.4, -0.2) is 33.4 Å². The van der Waals surface area contributed by atoms with E-state index in [0.29, 0.717) is 5.70 Å². The zero-order valence-electron chi connectivity index (χ0n) is 15.4. The summed E-state index contributed by atoms with van der Waals surface area (Å²) in [6.45, 7) is 3.42. The van der Waals surface area contributed by atoms with Gasteiger partial charge in [-0.15, -0.1) is 0 Å². The molecular formula is C18H21ClF2N6O. The van der Waals surface area contributed by atoms with E-state index in [1.165, 1.54) is 18.6 Å². The van der Waals surface area contributed by atoms with Gasteiger partial charge in [0.2, 0.25) is 5.95 Å². The fourth-order valence-electron chi connectivity index (χ4n) is 2.02. The van der Waals surface area contributed by atoms with E-state index in [1.807, 2.05) is 0 Å². The van der Waals surface area contributed by atoms with E-state index >= 15 is 0 Å². The van der Waals surface area contributed by atoms with Gasteiger partial charge in [-0.3, -0.25) is 4.99 Å². The zero-order chi connectivity index (χ0) is 20.7. The SMILES string of the molecule is CC(C)(O)CN=C/C(=C\N)Nc1ncc(Cl)c(NCc2cc(F)ccc2F)n1. The van der Waals surface area contributed by atoms with Crippen molar-refractivity contribution in [3.8, 4) is 0 Å². The average molecular weight is 411 g/mol. The maximum atomic E-state index is 13.7. The number of benzene rings is 1. The molecule has 0 spiro atoms. The molecule has 1 heterocycles. The molecule has 1 aromatic carbocycles. The van der Waals surface area contributed by atoms with Gasteiger partial charge in [-0.1, -0.05) is 11.6 Å². The molecule has 5 N–H and O–H groups in total. The van der Waals surface area contributed by atoms with Crippen molar-refractivity contribution in [2.24, 2.45) is 10.7 Å². The lowest BCUT2D eigenvalue weighted by Crippen LogP contribution is -2.23. The number of aliphatic hydroxyl groups is 1. The first-order chi connectivity index (χ1) is 13.2. The van der Waals surface area contributed by atoms with Gasteiger partial charge in [0.15, 0.2) is 5.82 Å². The van der Waals surface area contributed by atoms with Crippen LogP contribution in [0.4, 0.5) is 20.5 Å². The fourth-order valence-corrected chi connectivity index (χ4v) is 2.18. The van der Waals surface area contributed by atoms with Crippen molar-refractivity contribution in [1.82, 2.24) is 9.97 Å². The number of nitrogens with one attached hydrogen (secondary N) is 2. The molecule has 0 unspecified atom stereocenters. The van der Waals surface area contributed by atoms with Crippen molar-refractivity contribution >= 4 is 29.6 Å². The Bertz CT molecular complexity index is 883. The van der Waals surface area contributed by atoms with Crippen molar-refractivity contribution in [2.75, 3.05) is 17.2 Å². The minimum absolute atomic E-state index is 0.0214. The first kappa shape index (κ1) is 21.5. The summed E-state index contributed by atoms with van der Waals surface area (Å²) in [6, 6.07) is 3.18. The van der Waals surface area contributed by atoms with Crippen molar-refractivity contribution in [3.05, 3.63) is 58.5 Å².